The van der Waals surface area contributed by atoms with Gasteiger partial charge in [0.25, 0.3) is 5.56 Å². The number of aryl methyl sites for hydroxylation is 1. The fourth-order valence-electron chi connectivity index (χ4n) is 3.08. The number of ether oxygens (including phenoxy) is 2. The van der Waals surface area contributed by atoms with E-state index in [2.05, 4.69) is 35.6 Å². The van der Waals surface area contributed by atoms with E-state index in [1.54, 1.807) is 11.7 Å². The molecule has 3 aromatic rings. The second-order valence-electron chi connectivity index (χ2n) is 7.81. The monoisotopic (exact) mass is 487 g/mol. The third kappa shape index (κ3) is 4.12. The van der Waals surface area contributed by atoms with Crippen LogP contribution in [0, 0.1) is 6.92 Å². The van der Waals surface area contributed by atoms with Crippen molar-refractivity contribution in [1.82, 2.24) is 4.57 Å². The molecule has 0 spiro atoms. The molecule has 0 bridgehead atoms. The number of methoxy groups -OCH3 is 1. The molecule has 146 valence electrons. The van der Waals surface area contributed by atoms with Crippen LogP contribution in [0.15, 0.2) is 21.4 Å². The maximum Gasteiger partial charge on any atom is 0.270 e. The summed E-state index contributed by atoms with van der Waals surface area (Å²) >= 11 is 11.2. The summed E-state index contributed by atoms with van der Waals surface area (Å²) in [5.41, 5.74) is 1.74. The van der Waals surface area contributed by atoms with Crippen LogP contribution in [-0.4, -0.2) is 26.4 Å². The van der Waals surface area contributed by atoms with Crippen molar-refractivity contribution in [3.63, 3.8) is 0 Å². The van der Waals surface area contributed by atoms with Gasteiger partial charge in [-0.3, -0.25) is 9.36 Å². The Hall–Kier alpha value is -0.863. The highest BCUT2D eigenvalue weighted by molar-refractivity contribution is 9.10. The summed E-state index contributed by atoms with van der Waals surface area (Å²) in [5, 5.41) is 1.77. The van der Waals surface area contributed by atoms with Crippen LogP contribution in [0.1, 0.15) is 5.56 Å². The van der Waals surface area contributed by atoms with Crippen molar-refractivity contribution in [2.24, 2.45) is 0 Å². The number of halogens is 2. The summed E-state index contributed by atoms with van der Waals surface area (Å²) < 4.78 is 15.2. The van der Waals surface area contributed by atoms with Crippen LogP contribution in [0.4, 0.5) is 0 Å². The number of thiophene rings is 1. The lowest BCUT2D eigenvalue weighted by atomic mass is 10.1. The number of aromatic nitrogens is 1. The molecule has 8 heteroatoms. The lowest BCUT2D eigenvalue weighted by molar-refractivity contribution is 0.0881. The maximum atomic E-state index is 13.2. The molecule has 0 aliphatic carbocycles. The molecule has 0 aliphatic rings. The van der Waals surface area contributed by atoms with Crippen LogP contribution < -0.4 is 10.3 Å². The number of rotatable bonds is 6. The summed E-state index contributed by atoms with van der Waals surface area (Å²) in [6.45, 7) is 9.80. The lowest BCUT2D eigenvalue weighted by Crippen LogP contribution is -2.25. The van der Waals surface area contributed by atoms with Gasteiger partial charge in [-0.15, -0.1) is 11.3 Å². The van der Waals surface area contributed by atoms with E-state index < -0.39 is 8.07 Å². The molecule has 1 aromatic carbocycles. The van der Waals surface area contributed by atoms with E-state index in [-0.39, 0.29) is 12.3 Å². The van der Waals surface area contributed by atoms with Crippen molar-refractivity contribution in [3.05, 3.63) is 36.9 Å². The first-order valence-electron chi connectivity index (χ1n) is 8.70. The van der Waals surface area contributed by atoms with Gasteiger partial charge in [-0.25, -0.2) is 0 Å². The Morgan fingerprint density at radius 1 is 1.30 bits per heavy atom. The average molecular weight is 489 g/mol. The molecule has 3 rings (SSSR count). The van der Waals surface area contributed by atoms with Gasteiger partial charge in [0.05, 0.1) is 21.4 Å². The standard InChI is InChI=1S/C19H23BrClNO3SSi/c1-11-8-13(24-2)16(20)15-12-9-14(21)26-18(12)19(23)22(17(11)15)10-25-6-7-27(3,4)5/h8-9H,6-7,10H2,1-5H3. The fraction of sp³-hybridized carbons (Fsp3) is 0.421. The van der Waals surface area contributed by atoms with Crippen molar-refractivity contribution in [1.29, 1.82) is 0 Å². The quantitative estimate of drug-likeness (QED) is 0.303. The fourth-order valence-corrected chi connectivity index (χ4v) is 5.70. The van der Waals surface area contributed by atoms with Crippen LogP contribution in [0.25, 0.3) is 21.0 Å². The highest BCUT2D eigenvalue weighted by atomic mass is 79.9. The second-order valence-corrected chi connectivity index (χ2v) is 15.9. The van der Waals surface area contributed by atoms with E-state index in [4.69, 9.17) is 21.1 Å². The van der Waals surface area contributed by atoms with E-state index in [0.717, 1.165) is 38.1 Å². The van der Waals surface area contributed by atoms with Gasteiger partial charge in [-0.1, -0.05) is 31.2 Å². The highest BCUT2D eigenvalue weighted by Gasteiger charge is 2.20. The third-order valence-corrected chi connectivity index (χ3v) is 8.25. The van der Waals surface area contributed by atoms with E-state index in [1.807, 2.05) is 19.1 Å². The van der Waals surface area contributed by atoms with Gasteiger partial charge in [-0.2, -0.15) is 0 Å². The Labute approximate surface area is 177 Å². The van der Waals surface area contributed by atoms with Crippen molar-refractivity contribution >= 4 is 67.9 Å². The van der Waals surface area contributed by atoms with Gasteiger partial charge in [0.2, 0.25) is 0 Å². The molecule has 27 heavy (non-hydrogen) atoms. The molecule has 2 heterocycles. The van der Waals surface area contributed by atoms with E-state index in [9.17, 15) is 4.79 Å². The molecule has 0 atom stereocenters. The van der Waals surface area contributed by atoms with Crippen LogP contribution in [0.3, 0.4) is 0 Å². The number of hydrogen-bond acceptors (Lipinski definition) is 4. The molecule has 0 radical (unpaired) electrons. The number of pyridine rings is 1. The lowest BCUT2D eigenvalue weighted by Gasteiger charge is -2.18. The predicted octanol–water partition coefficient (Wildman–Crippen LogP) is 6.26. The zero-order valence-electron chi connectivity index (χ0n) is 16.1. The van der Waals surface area contributed by atoms with Gasteiger partial charge in [0.1, 0.15) is 17.2 Å². The van der Waals surface area contributed by atoms with E-state index in [1.165, 1.54) is 11.3 Å². The SMILES string of the molecule is COc1cc(C)c2c(c1Br)c1cc(Cl)sc1c(=O)n2COCC[Si](C)(C)C. The van der Waals surface area contributed by atoms with Crippen molar-refractivity contribution in [2.45, 2.75) is 39.3 Å². The van der Waals surface area contributed by atoms with E-state index >= 15 is 0 Å². The molecule has 0 saturated heterocycles. The minimum Gasteiger partial charge on any atom is -0.496 e. The first kappa shape index (κ1) is 20.9. The number of hydrogen-bond donors (Lipinski definition) is 0. The van der Waals surface area contributed by atoms with E-state index in [0.29, 0.717) is 15.6 Å². The van der Waals surface area contributed by atoms with Crippen LogP contribution in [0.2, 0.25) is 30.0 Å². The minimum atomic E-state index is -1.19. The smallest absolute Gasteiger partial charge is 0.270 e. The third-order valence-electron chi connectivity index (χ3n) is 4.51. The minimum absolute atomic E-state index is 0.0671. The molecule has 0 saturated carbocycles. The van der Waals surface area contributed by atoms with Crippen molar-refractivity contribution in [3.8, 4) is 5.75 Å². The Kier molecular flexibility index (Phi) is 6.08. The summed E-state index contributed by atoms with van der Waals surface area (Å²) in [6, 6.07) is 4.85. The summed E-state index contributed by atoms with van der Waals surface area (Å²) in [7, 11) is 0.451. The largest absolute Gasteiger partial charge is 0.496 e. The molecule has 2 aromatic heterocycles. The predicted molar refractivity (Wildman–Crippen MR) is 122 cm³/mol. The summed E-state index contributed by atoms with van der Waals surface area (Å²) in [5.74, 6) is 0.730. The molecule has 0 aliphatic heterocycles. The first-order valence-corrected chi connectivity index (χ1v) is 14.4. The summed E-state index contributed by atoms with van der Waals surface area (Å²) in [6.07, 6.45) is 0. The highest BCUT2D eigenvalue weighted by Crippen LogP contribution is 2.41. The number of benzene rings is 1. The Morgan fingerprint density at radius 3 is 2.63 bits per heavy atom. The Morgan fingerprint density at radius 2 is 2.00 bits per heavy atom. The molecular formula is C19H23BrClNO3SSi. The van der Waals surface area contributed by atoms with Crippen LogP contribution in [0.5, 0.6) is 5.75 Å². The van der Waals surface area contributed by atoms with Gasteiger partial charge >= 0.3 is 0 Å². The first-order chi connectivity index (χ1) is 12.6. The van der Waals surface area contributed by atoms with Crippen molar-refractivity contribution in [2.75, 3.05) is 13.7 Å². The topological polar surface area (TPSA) is 40.5 Å². The Balaban J connectivity index is 2.21. The normalized spacial score (nSPS) is 12.3. The zero-order chi connectivity index (χ0) is 19.9. The number of fused-ring (bicyclic) bond motifs is 3. The molecule has 0 fully saturated rings. The summed E-state index contributed by atoms with van der Waals surface area (Å²) in [4.78, 5) is 13.2. The molecule has 4 nitrogen and oxygen atoms in total. The zero-order valence-corrected chi connectivity index (χ0v) is 20.3. The van der Waals surface area contributed by atoms with Gasteiger partial charge in [-0.05, 0) is 46.6 Å². The molecular weight excluding hydrogens is 466 g/mol. The molecule has 0 amide bonds. The average Bonchev–Trinajstić information content (AvgIpc) is 2.97. The van der Waals surface area contributed by atoms with Gasteiger partial charge in [0, 0.05) is 25.5 Å². The van der Waals surface area contributed by atoms with Crippen LogP contribution in [-0.2, 0) is 11.5 Å². The molecule has 0 unspecified atom stereocenters. The van der Waals surface area contributed by atoms with Crippen LogP contribution >= 0.6 is 38.9 Å². The number of nitrogens with zero attached hydrogens (tertiary/aromatic N) is 1. The maximum absolute atomic E-state index is 13.2. The van der Waals surface area contributed by atoms with Gasteiger partial charge < -0.3 is 9.47 Å². The second kappa shape index (κ2) is 7.87. The Bertz CT molecular complexity index is 1070. The van der Waals surface area contributed by atoms with Crippen molar-refractivity contribution < 1.29 is 9.47 Å². The van der Waals surface area contributed by atoms with Gasteiger partial charge in [0.15, 0.2) is 0 Å². The molecule has 0 N–H and O–H groups in total.